The zero-order valence-electron chi connectivity index (χ0n) is 11.6. The molecule has 1 atom stereocenters. The third-order valence-electron chi connectivity index (χ3n) is 3.08. The normalized spacial score (nSPS) is 20.9. The Morgan fingerprint density at radius 1 is 1.50 bits per heavy atom. The Balaban J connectivity index is 2.14. The van der Waals surface area contributed by atoms with E-state index in [-0.39, 0.29) is 5.91 Å². The summed E-state index contributed by atoms with van der Waals surface area (Å²) in [5.41, 5.74) is 0. The van der Waals surface area contributed by atoms with Crippen LogP contribution in [0.15, 0.2) is 0 Å². The maximum absolute atomic E-state index is 11.7. The first kappa shape index (κ1) is 15.4. The van der Waals surface area contributed by atoms with Crippen LogP contribution in [0.3, 0.4) is 0 Å². The Morgan fingerprint density at radius 3 is 3.06 bits per heavy atom. The van der Waals surface area contributed by atoms with Crippen LogP contribution in [0.5, 0.6) is 0 Å². The zero-order chi connectivity index (χ0) is 13.2. The van der Waals surface area contributed by atoms with Gasteiger partial charge in [0.2, 0.25) is 5.91 Å². The molecule has 0 radical (unpaired) electrons. The maximum atomic E-state index is 11.7. The Kier molecular flexibility index (Phi) is 7.96. The largest absolute Gasteiger partial charge is 0.385 e. The van der Waals surface area contributed by atoms with E-state index < -0.39 is 0 Å². The van der Waals surface area contributed by atoms with Gasteiger partial charge in [0.05, 0.1) is 12.6 Å². The number of piperidine rings is 1. The van der Waals surface area contributed by atoms with Gasteiger partial charge in [0.15, 0.2) is 0 Å². The van der Waals surface area contributed by atoms with E-state index in [1.165, 1.54) is 0 Å². The SMILES string of the molecule is CCOC1CCCN(CC(=O)NCCCOC)C1. The molecule has 0 aromatic heterocycles. The molecule has 1 amide bonds. The van der Waals surface area contributed by atoms with Crippen molar-refractivity contribution in [1.82, 2.24) is 10.2 Å². The summed E-state index contributed by atoms with van der Waals surface area (Å²) in [4.78, 5) is 13.9. The minimum absolute atomic E-state index is 0.100. The summed E-state index contributed by atoms with van der Waals surface area (Å²) < 4.78 is 10.6. The number of methoxy groups -OCH3 is 1. The van der Waals surface area contributed by atoms with Gasteiger partial charge in [0.1, 0.15) is 0 Å². The lowest BCUT2D eigenvalue weighted by molar-refractivity contribution is -0.123. The van der Waals surface area contributed by atoms with E-state index in [0.29, 0.717) is 25.8 Å². The number of rotatable bonds is 8. The summed E-state index contributed by atoms with van der Waals surface area (Å²) in [6.07, 6.45) is 3.38. The second-order valence-electron chi connectivity index (χ2n) is 4.65. The van der Waals surface area contributed by atoms with Gasteiger partial charge in [-0.15, -0.1) is 0 Å². The first-order chi connectivity index (χ1) is 8.76. The fourth-order valence-electron chi connectivity index (χ4n) is 2.23. The van der Waals surface area contributed by atoms with Gasteiger partial charge in [-0.25, -0.2) is 0 Å². The van der Waals surface area contributed by atoms with Gasteiger partial charge in [0, 0.05) is 33.4 Å². The molecule has 0 bridgehead atoms. The molecule has 0 aromatic rings. The van der Waals surface area contributed by atoms with Crippen molar-refractivity contribution in [3.05, 3.63) is 0 Å². The fraction of sp³-hybridized carbons (Fsp3) is 0.923. The molecular weight excluding hydrogens is 232 g/mol. The molecule has 0 aromatic carbocycles. The quantitative estimate of drug-likeness (QED) is 0.649. The van der Waals surface area contributed by atoms with Crippen LogP contribution in [0.1, 0.15) is 26.2 Å². The molecule has 1 rings (SSSR count). The second-order valence-corrected chi connectivity index (χ2v) is 4.65. The van der Waals surface area contributed by atoms with E-state index in [1.54, 1.807) is 7.11 Å². The summed E-state index contributed by atoms with van der Waals surface area (Å²) in [6.45, 7) is 6.50. The number of hydrogen-bond acceptors (Lipinski definition) is 4. The molecule has 106 valence electrons. The number of hydrogen-bond donors (Lipinski definition) is 1. The van der Waals surface area contributed by atoms with Crippen LogP contribution in [0.25, 0.3) is 0 Å². The average Bonchev–Trinajstić information content (AvgIpc) is 2.35. The van der Waals surface area contributed by atoms with Crippen LogP contribution in [-0.2, 0) is 14.3 Å². The van der Waals surface area contributed by atoms with E-state index in [2.05, 4.69) is 10.2 Å². The number of nitrogens with one attached hydrogen (secondary N) is 1. The van der Waals surface area contributed by atoms with Crippen molar-refractivity contribution in [2.75, 3.05) is 46.5 Å². The molecule has 1 saturated heterocycles. The highest BCUT2D eigenvalue weighted by Crippen LogP contribution is 2.12. The van der Waals surface area contributed by atoms with Gasteiger partial charge in [-0.3, -0.25) is 9.69 Å². The van der Waals surface area contributed by atoms with Gasteiger partial charge in [-0.2, -0.15) is 0 Å². The molecule has 5 nitrogen and oxygen atoms in total. The average molecular weight is 258 g/mol. The van der Waals surface area contributed by atoms with Crippen LogP contribution in [0.2, 0.25) is 0 Å². The van der Waals surface area contributed by atoms with Crippen LogP contribution in [0, 0.1) is 0 Å². The summed E-state index contributed by atoms with van der Waals surface area (Å²) in [5.74, 6) is 0.100. The highest BCUT2D eigenvalue weighted by Gasteiger charge is 2.21. The number of carbonyl (C=O) groups excluding carboxylic acids is 1. The Bertz CT molecular complexity index is 234. The lowest BCUT2D eigenvalue weighted by atomic mass is 10.1. The van der Waals surface area contributed by atoms with Gasteiger partial charge >= 0.3 is 0 Å². The third kappa shape index (κ3) is 6.33. The van der Waals surface area contributed by atoms with E-state index in [0.717, 1.165) is 39.0 Å². The molecule has 1 heterocycles. The molecule has 5 heteroatoms. The van der Waals surface area contributed by atoms with Crippen LogP contribution >= 0.6 is 0 Å². The van der Waals surface area contributed by atoms with Crippen molar-refractivity contribution in [3.63, 3.8) is 0 Å². The van der Waals surface area contributed by atoms with Crippen molar-refractivity contribution in [1.29, 1.82) is 0 Å². The van der Waals surface area contributed by atoms with Gasteiger partial charge in [-0.05, 0) is 32.7 Å². The lowest BCUT2D eigenvalue weighted by Crippen LogP contribution is -2.45. The Labute approximate surface area is 110 Å². The lowest BCUT2D eigenvalue weighted by Gasteiger charge is -2.31. The molecule has 1 aliphatic heterocycles. The molecule has 0 aliphatic carbocycles. The summed E-state index contributed by atoms with van der Waals surface area (Å²) in [7, 11) is 1.67. The van der Waals surface area contributed by atoms with Crippen molar-refractivity contribution in [2.45, 2.75) is 32.3 Å². The van der Waals surface area contributed by atoms with E-state index in [1.807, 2.05) is 6.92 Å². The van der Waals surface area contributed by atoms with E-state index in [4.69, 9.17) is 9.47 Å². The molecule has 0 saturated carbocycles. The Hall–Kier alpha value is -0.650. The number of ether oxygens (including phenoxy) is 2. The standard InChI is InChI=1S/C13H26N2O3/c1-3-18-12-6-4-8-15(10-12)11-13(16)14-7-5-9-17-2/h12H,3-11H2,1-2H3,(H,14,16). The van der Waals surface area contributed by atoms with Crippen molar-refractivity contribution >= 4 is 5.91 Å². The molecular formula is C13H26N2O3. The number of nitrogens with zero attached hydrogens (tertiary/aromatic N) is 1. The minimum atomic E-state index is 0.100. The first-order valence-corrected chi connectivity index (χ1v) is 6.85. The molecule has 1 N–H and O–H groups in total. The van der Waals surface area contributed by atoms with Crippen LogP contribution in [0.4, 0.5) is 0 Å². The molecule has 1 unspecified atom stereocenters. The topological polar surface area (TPSA) is 50.8 Å². The number of amides is 1. The van der Waals surface area contributed by atoms with E-state index >= 15 is 0 Å². The smallest absolute Gasteiger partial charge is 0.234 e. The van der Waals surface area contributed by atoms with Crippen LogP contribution < -0.4 is 5.32 Å². The van der Waals surface area contributed by atoms with Gasteiger partial charge < -0.3 is 14.8 Å². The predicted molar refractivity (Wildman–Crippen MR) is 70.6 cm³/mol. The van der Waals surface area contributed by atoms with Crippen molar-refractivity contribution in [3.8, 4) is 0 Å². The predicted octanol–water partition coefficient (Wildman–Crippen LogP) is 0.640. The van der Waals surface area contributed by atoms with Gasteiger partial charge in [0.25, 0.3) is 0 Å². The number of carbonyl (C=O) groups is 1. The van der Waals surface area contributed by atoms with Crippen molar-refractivity contribution in [2.24, 2.45) is 0 Å². The van der Waals surface area contributed by atoms with Crippen LogP contribution in [-0.4, -0.2) is 63.4 Å². The fourth-order valence-corrected chi connectivity index (χ4v) is 2.23. The summed E-state index contributed by atoms with van der Waals surface area (Å²) in [6, 6.07) is 0. The summed E-state index contributed by atoms with van der Waals surface area (Å²) >= 11 is 0. The second kappa shape index (κ2) is 9.30. The molecule has 1 aliphatic rings. The summed E-state index contributed by atoms with van der Waals surface area (Å²) in [5, 5.41) is 2.91. The molecule has 0 spiro atoms. The molecule has 1 fully saturated rings. The third-order valence-corrected chi connectivity index (χ3v) is 3.08. The molecule has 18 heavy (non-hydrogen) atoms. The van der Waals surface area contributed by atoms with E-state index in [9.17, 15) is 4.79 Å². The van der Waals surface area contributed by atoms with Gasteiger partial charge in [-0.1, -0.05) is 0 Å². The highest BCUT2D eigenvalue weighted by molar-refractivity contribution is 5.77. The monoisotopic (exact) mass is 258 g/mol. The maximum Gasteiger partial charge on any atom is 0.234 e. The van der Waals surface area contributed by atoms with Crippen molar-refractivity contribution < 1.29 is 14.3 Å². The minimum Gasteiger partial charge on any atom is -0.385 e. The number of likely N-dealkylation sites (tertiary alicyclic amines) is 1. The Morgan fingerprint density at radius 2 is 2.33 bits per heavy atom. The highest BCUT2D eigenvalue weighted by atomic mass is 16.5. The zero-order valence-corrected chi connectivity index (χ0v) is 11.6. The first-order valence-electron chi connectivity index (χ1n) is 6.85.